The fraction of sp³-hybridized carbons (Fsp3) is 1.00. The van der Waals surface area contributed by atoms with E-state index in [1.807, 2.05) is 0 Å². The fourth-order valence-corrected chi connectivity index (χ4v) is 2.35. The summed E-state index contributed by atoms with van der Waals surface area (Å²) in [6.07, 6.45) is 2.64. The number of rotatable bonds is 7. The van der Waals surface area contributed by atoms with Crippen molar-refractivity contribution in [1.82, 2.24) is 15.1 Å². The Kier molecular flexibility index (Phi) is 7.09. The molecule has 0 aliphatic carbocycles. The van der Waals surface area contributed by atoms with Gasteiger partial charge in [-0.1, -0.05) is 13.8 Å². The Morgan fingerprint density at radius 3 is 2.12 bits per heavy atom. The molecule has 0 bridgehead atoms. The van der Waals surface area contributed by atoms with Crippen molar-refractivity contribution in [2.75, 3.05) is 39.3 Å². The van der Waals surface area contributed by atoms with Gasteiger partial charge in [-0.25, -0.2) is 0 Å². The molecule has 0 aromatic heterocycles. The van der Waals surface area contributed by atoms with Crippen LogP contribution in [0.1, 0.15) is 40.5 Å². The third-order valence-electron chi connectivity index (χ3n) is 3.59. The summed E-state index contributed by atoms with van der Waals surface area (Å²) in [7, 11) is 0. The van der Waals surface area contributed by atoms with Gasteiger partial charge in [0.2, 0.25) is 0 Å². The first-order valence-corrected chi connectivity index (χ1v) is 7.29. The number of piperazine rings is 1. The molecule has 102 valence electrons. The van der Waals surface area contributed by atoms with Crippen molar-refractivity contribution in [3.8, 4) is 0 Å². The summed E-state index contributed by atoms with van der Waals surface area (Å²) < 4.78 is 0. The van der Waals surface area contributed by atoms with Crippen LogP contribution >= 0.6 is 0 Å². The molecule has 17 heavy (non-hydrogen) atoms. The molecule has 0 spiro atoms. The minimum absolute atomic E-state index is 0.629. The average Bonchev–Trinajstić information content (AvgIpc) is 2.29. The zero-order valence-corrected chi connectivity index (χ0v) is 12.2. The molecule has 0 radical (unpaired) electrons. The summed E-state index contributed by atoms with van der Waals surface area (Å²) in [5.74, 6) is 0. The molecule has 0 aromatic carbocycles. The van der Waals surface area contributed by atoms with Crippen LogP contribution in [0.15, 0.2) is 0 Å². The summed E-state index contributed by atoms with van der Waals surface area (Å²) >= 11 is 0. The highest BCUT2D eigenvalue weighted by Crippen LogP contribution is 2.06. The van der Waals surface area contributed by atoms with E-state index in [9.17, 15) is 0 Å². The Bertz CT molecular complexity index is 184. The molecule has 0 saturated carbocycles. The lowest BCUT2D eigenvalue weighted by atomic mass is 10.2. The molecular weight excluding hydrogens is 210 g/mol. The Labute approximate surface area is 108 Å². The molecule has 0 unspecified atom stereocenters. The van der Waals surface area contributed by atoms with Gasteiger partial charge in [0.1, 0.15) is 0 Å². The topological polar surface area (TPSA) is 18.5 Å². The van der Waals surface area contributed by atoms with E-state index in [4.69, 9.17) is 0 Å². The van der Waals surface area contributed by atoms with Gasteiger partial charge in [0.05, 0.1) is 0 Å². The van der Waals surface area contributed by atoms with E-state index in [2.05, 4.69) is 42.8 Å². The Hall–Kier alpha value is -0.120. The van der Waals surface area contributed by atoms with Crippen LogP contribution in [0.3, 0.4) is 0 Å². The van der Waals surface area contributed by atoms with E-state index in [1.54, 1.807) is 0 Å². The predicted octanol–water partition coefficient (Wildman–Crippen LogP) is 1.79. The summed E-state index contributed by atoms with van der Waals surface area (Å²) in [5.41, 5.74) is 0. The first-order valence-electron chi connectivity index (χ1n) is 7.29. The van der Waals surface area contributed by atoms with Gasteiger partial charge >= 0.3 is 0 Å². The highest BCUT2D eigenvalue weighted by Gasteiger charge is 2.17. The molecule has 1 N–H and O–H groups in total. The van der Waals surface area contributed by atoms with E-state index in [0.29, 0.717) is 12.1 Å². The second-order valence-electron chi connectivity index (χ2n) is 5.79. The molecule has 1 fully saturated rings. The van der Waals surface area contributed by atoms with Crippen LogP contribution in [-0.4, -0.2) is 61.2 Å². The highest BCUT2D eigenvalue weighted by atomic mass is 15.3. The largest absolute Gasteiger partial charge is 0.315 e. The lowest BCUT2D eigenvalue weighted by Gasteiger charge is -2.36. The standard InChI is InChI=1S/C14H31N3/c1-13(2)15-7-5-6-8-16-9-11-17(12-10-16)14(3)4/h13-15H,5-12H2,1-4H3. The minimum Gasteiger partial charge on any atom is -0.315 e. The van der Waals surface area contributed by atoms with Gasteiger partial charge < -0.3 is 10.2 Å². The van der Waals surface area contributed by atoms with Gasteiger partial charge in [-0.2, -0.15) is 0 Å². The third kappa shape index (κ3) is 6.39. The molecule has 0 atom stereocenters. The fourth-order valence-electron chi connectivity index (χ4n) is 2.35. The van der Waals surface area contributed by atoms with E-state index in [0.717, 1.165) is 0 Å². The number of nitrogens with one attached hydrogen (secondary N) is 1. The van der Waals surface area contributed by atoms with Crippen LogP contribution in [0.5, 0.6) is 0 Å². The molecule has 0 aromatic rings. The van der Waals surface area contributed by atoms with Crippen molar-refractivity contribution in [2.24, 2.45) is 0 Å². The van der Waals surface area contributed by atoms with Crippen LogP contribution in [0.4, 0.5) is 0 Å². The van der Waals surface area contributed by atoms with Gasteiger partial charge in [0, 0.05) is 38.3 Å². The number of nitrogens with zero attached hydrogens (tertiary/aromatic N) is 2. The molecular formula is C14H31N3. The van der Waals surface area contributed by atoms with Gasteiger partial charge in [0.25, 0.3) is 0 Å². The van der Waals surface area contributed by atoms with Crippen LogP contribution in [0, 0.1) is 0 Å². The lowest BCUT2D eigenvalue weighted by Crippen LogP contribution is -2.48. The van der Waals surface area contributed by atoms with E-state index < -0.39 is 0 Å². The minimum atomic E-state index is 0.629. The van der Waals surface area contributed by atoms with Crippen LogP contribution in [-0.2, 0) is 0 Å². The van der Waals surface area contributed by atoms with Crippen molar-refractivity contribution < 1.29 is 0 Å². The van der Waals surface area contributed by atoms with Crippen LogP contribution in [0.25, 0.3) is 0 Å². The number of unbranched alkanes of at least 4 members (excludes halogenated alkanes) is 1. The van der Waals surface area contributed by atoms with Crippen molar-refractivity contribution >= 4 is 0 Å². The van der Waals surface area contributed by atoms with Gasteiger partial charge in [-0.3, -0.25) is 4.90 Å². The second-order valence-corrected chi connectivity index (χ2v) is 5.79. The number of hydrogen-bond donors (Lipinski definition) is 1. The Morgan fingerprint density at radius 1 is 0.941 bits per heavy atom. The van der Waals surface area contributed by atoms with Gasteiger partial charge in [-0.05, 0) is 39.8 Å². The SMILES string of the molecule is CC(C)NCCCCN1CCN(C(C)C)CC1. The molecule has 1 aliphatic rings. The first kappa shape index (κ1) is 14.9. The summed E-state index contributed by atoms with van der Waals surface area (Å²) in [6, 6.07) is 1.34. The zero-order valence-electron chi connectivity index (χ0n) is 12.2. The first-order chi connectivity index (χ1) is 8.09. The molecule has 1 heterocycles. The molecule has 0 amide bonds. The highest BCUT2D eigenvalue weighted by molar-refractivity contribution is 4.74. The lowest BCUT2D eigenvalue weighted by molar-refractivity contribution is 0.107. The van der Waals surface area contributed by atoms with Crippen LogP contribution in [0.2, 0.25) is 0 Å². The van der Waals surface area contributed by atoms with Crippen molar-refractivity contribution in [2.45, 2.75) is 52.6 Å². The van der Waals surface area contributed by atoms with Crippen molar-refractivity contribution in [1.29, 1.82) is 0 Å². The van der Waals surface area contributed by atoms with Gasteiger partial charge in [-0.15, -0.1) is 0 Å². The van der Waals surface area contributed by atoms with Gasteiger partial charge in [0.15, 0.2) is 0 Å². The maximum Gasteiger partial charge on any atom is 0.0113 e. The smallest absolute Gasteiger partial charge is 0.0113 e. The monoisotopic (exact) mass is 241 g/mol. The summed E-state index contributed by atoms with van der Waals surface area (Å²) in [5, 5.41) is 3.48. The normalized spacial score (nSPS) is 19.4. The maximum absolute atomic E-state index is 3.48. The van der Waals surface area contributed by atoms with Crippen molar-refractivity contribution in [3.05, 3.63) is 0 Å². The average molecular weight is 241 g/mol. The molecule has 1 rings (SSSR count). The third-order valence-corrected chi connectivity index (χ3v) is 3.59. The van der Waals surface area contributed by atoms with E-state index >= 15 is 0 Å². The predicted molar refractivity (Wildman–Crippen MR) is 75.5 cm³/mol. The Balaban J connectivity index is 1.99. The number of hydrogen-bond acceptors (Lipinski definition) is 3. The second kappa shape index (κ2) is 8.06. The summed E-state index contributed by atoms with van der Waals surface area (Å²) in [4.78, 5) is 5.20. The summed E-state index contributed by atoms with van der Waals surface area (Å²) in [6.45, 7) is 16.5. The molecule has 3 nitrogen and oxygen atoms in total. The van der Waals surface area contributed by atoms with E-state index in [-0.39, 0.29) is 0 Å². The van der Waals surface area contributed by atoms with Crippen LogP contribution < -0.4 is 5.32 Å². The Morgan fingerprint density at radius 2 is 1.59 bits per heavy atom. The van der Waals surface area contributed by atoms with Crippen molar-refractivity contribution in [3.63, 3.8) is 0 Å². The molecule has 1 aliphatic heterocycles. The molecule has 3 heteroatoms. The van der Waals surface area contributed by atoms with E-state index in [1.165, 1.54) is 52.1 Å². The quantitative estimate of drug-likeness (QED) is 0.686. The molecule has 1 saturated heterocycles. The maximum atomic E-state index is 3.48. The zero-order chi connectivity index (χ0) is 12.7.